The van der Waals surface area contributed by atoms with Crippen molar-refractivity contribution in [1.82, 2.24) is 20.5 Å². The zero-order valence-electron chi connectivity index (χ0n) is 19.8. The molecule has 12 heteroatoms. The Kier molecular flexibility index (Phi) is 6.91. The second-order valence-electron chi connectivity index (χ2n) is 10.1. The van der Waals surface area contributed by atoms with Crippen LogP contribution in [0.4, 0.5) is 15.8 Å². The van der Waals surface area contributed by atoms with Gasteiger partial charge in [-0.1, -0.05) is 0 Å². The topological polar surface area (TPSA) is 151 Å². The van der Waals surface area contributed by atoms with E-state index in [-0.39, 0.29) is 36.4 Å². The van der Waals surface area contributed by atoms with Crippen molar-refractivity contribution in [2.24, 2.45) is 23.3 Å². The number of halogens is 1. The fourth-order valence-corrected chi connectivity index (χ4v) is 5.50. The minimum Gasteiger partial charge on any atom is -0.371 e. The van der Waals surface area contributed by atoms with Gasteiger partial charge in [0.25, 0.3) is 0 Å². The number of hydrogen-bond acceptors (Lipinski definition) is 9. The van der Waals surface area contributed by atoms with Gasteiger partial charge in [-0.3, -0.25) is 25.2 Å². The van der Waals surface area contributed by atoms with E-state index in [1.54, 1.807) is 12.4 Å². The first-order chi connectivity index (χ1) is 16.8. The molecule has 2 amide bonds. The molecule has 11 nitrogen and oxygen atoms in total. The predicted octanol–water partition coefficient (Wildman–Crippen LogP) is -1.05. The lowest BCUT2D eigenvalue weighted by molar-refractivity contribution is -0.223. The summed E-state index contributed by atoms with van der Waals surface area (Å²) in [5, 5.41) is 8.85. The SMILES string of the molecule is NC(N)C(C(=O)Nc1cnccc1N1CCC(C(=O)N2CC3(CCO3)C2)CC1)C1NCC(F)CN1. The Morgan fingerprint density at radius 2 is 1.91 bits per heavy atom. The highest BCUT2D eigenvalue weighted by molar-refractivity contribution is 5.96. The number of anilines is 2. The Balaban J connectivity index is 1.19. The molecule has 35 heavy (non-hydrogen) atoms. The zero-order chi connectivity index (χ0) is 24.6. The zero-order valence-corrected chi connectivity index (χ0v) is 19.8. The molecule has 1 aromatic heterocycles. The Labute approximate surface area is 204 Å². The average Bonchev–Trinajstić information content (AvgIpc) is 2.79. The third kappa shape index (κ3) is 4.98. The molecule has 1 unspecified atom stereocenters. The van der Waals surface area contributed by atoms with Gasteiger partial charge in [-0.2, -0.15) is 0 Å². The number of nitrogens with two attached hydrogens (primary N) is 2. The van der Waals surface area contributed by atoms with Crippen LogP contribution in [0, 0.1) is 11.8 Å². The number of pyridine rings is 1. The molecule has 0 aromatic carbocycles. The normalized spacial score (nSPS) is 27.3. The lowest BCUT2D eigenvalue weighted by Crippen LogP contribution is -2.70. The third-order valence-corrected chi connectivity index (χ3v) is 7.67. The molecule has 0 saturated carbocycles. The van der Waals surface area contributed by atoms with Crippen LogP contribution in [0.1, 0.15) is 19.3 Å². The van der Waals surface area contributed by atoms with Gasteiger partial charge in [-0.25, -0.2) is 4.39 Å². The smallest absolute Gasteiger partial charge is 0.233 e. The predicted molar refractivity (Wildman–Crippen MR) is 128 cm³/mol. The number of ether oxygens (including phenoxy) is 1. The highest BCUT2D eigenvalue weighted by Crippen LogP contribution is 2.38. The number of aromatic nitrogens is 1. The van der Waals surface area contributed by atoms with Crippen molar-refractivity contribution in [2.45, 2.75) is 43.4 Å². The van der Waals surface area contributed by atoms with Crippen molar-refractivity contribution in [3.63, 3.8) is 0 Å². The van der Waals surface area contributed by atoms with Gasteiger partial charge < -0.3 is 31.3 Å². The van der Waals surface area contributed by atoms with Crippen LogP contribution in [0.25, 0.3) is 0 Å². The van der Waals surface area contributed by atoms with Crippen LogP contribution in [-0.4, -0.2) is 91.7 Å². The van der Waals surface area contributed by atoms with Crippen molar-refractivity contribution >= 4 is 23.2 Å². The van der Waals surface area contributed by atoms with E-state index in [9.17, 15) is 14.0 Å². The summed E-state index contributed by atoms with van der Waals surface area (Å²) in [4.78, 5) is 34.3. The molecule has 0 bridgehead atoms. The largest absolute Gasteiger partial charge is 0.371 e. The summed E-state index contributed by atoms with van der Waals surface area (Å²) in [7, 11) is 0. The summed E-state index contributed by atoms with van der Waals surface area (Å²) < 4.78 is 19.1. The van der Waals surface area contributed by atoms with Gasteiger partial charge in [0, 0.05) is 44.7 Å². The van der Waals surface area contributed by atoms with Gasteiger partial charge in [0.15, 0.2) is 0 Å². The number of hydrogen-bond donors (Lipinski definition) is 5. The van der Waals surface area contributed by atoms with Gasteiger partial charge in [0.1, 0.15) is 11.8 Å². The molecular formula is C23H35FN8O3. The molecule has 5 rings (SSSR count). The van der Waals surface area contributed by atoms with E-state index in [1.165, 1.54) is 0 Å². The summed E-state index contributed by atoms with van der Waals surface area (Å²) in [5.74, 6) is -0.951. The van der Waals surface area contributed by atoms with E-state index >= 15 is 0 Å². The summed E-state index contributed by atoms with van der Waals surface area (Å²) in [6.07, 6.45) is 3.31. The van der Waals surface area contributed by atoms with Crippen molar-refractivity contribution in [2.75, 3.05) is 56.1 Å². The van der Waals surface area contributed by atoms with E-state index in [1.807, 2.05) is 11.0 Å². The number of carbonyl (C=O) groups excluding carboxylic acids is 2. The van der Waals surface area contributed by atoms with Crippen LogP contribution in [0.5, 0.6) is 0 Å². The van der Waals surface area contributed by atoms with E-state index in [4.69, 9.17) is 16.2 Å². The van der Waals surface area contributed by atoms with Crippen LogP contribution >= 0.6 is 0 Å². The number of piperidine rings is 1. The summed E-state index contributed by atoms with van der Waals surface area (Å²) in [6.45, 7) is 3.89. The van der Waals surface area contributed by atoms with Crippen molar-refractivity contribution in [3.05, 3.63) is 18.5 Å². The minimum absolute atomic E-state index is 0.00551. The summed E-state index contributed by atoms with van der Waals surface area (Å²) in [6, 6.07) is 1.85. The first-order valence-electron chi connectivity index (χ1n) is 12.4. The van der Waals surface area contributed by atoms with Crippen molar-refractivity contribution in [1.29, 1.82) is 0 Å². The molecule has 4 saturated heterocycles. The van der Waals surface area contributed by atoms with E-state index < -0.39 is 24.4 Å². The number of likely N-dealkylation sites (tertiary alicyclic amines) is 1. The molecule has 4 fully saturated rings. The molecular weight excluding hydrogens is 455 g/mol. The van der Waals surface area contributed by atoms with Crippen molar-refractivity contribution < 1.29 is 18.7 Å². The van der Waals surface area contributed by atoms with Crippen LogP contribution in [0.3, 0.4) is 0 Å². The molecule has 5 heterocycles. The quantitative estimate of drug-likeness (QED) is 0.315. The average molecular weight is 491 g/mol. The van der Waals surface area contributed by atoms with Crippen LogP contribution in [0.2, 0.25) is 0 Å². The van der Waals surface area contributed by atoms with Gasteiger partial charge in [-0.05, 0) is 18.9 Å². The number of carbonyl (C=O) groups is 2. The molecule has 0 radical (unpaired) electrons. The maximum atomic E-state index is 13.5. The number of nitrogens with one attached hydrogen (secondary N) is 3. The van der Waals surface area contributed by atoms with E-state index in [2.05, 4.69) is 25.8 Å². The Morgan fingerprint density at radius 1 is 1.23 bits per heavy atom. The number of amides is 2. The Hall–Kier alpha value is -2.38. The second kappa shape index (κ2) is 9.94. The number of rotatable bonds is 6. The maximum Gasteiger partial charge on any atom is 0.233 e. The highest BCUT2D eigenvalue weighted by atomic mass is 19.1. The Morgan fingerprint density at radius 3 is 2.51 bits per heavy atom. The first kappa shape index (κ1) is 24.3. The third-order valence-electron chi connectivity index (χ3n) is 7.67. The maximum absolute atomic E-state index is 13.5. The van der Waals surface area contributed by atoms with Crippen LogP contribution in [0.15, 0.2) is 18.5 Å². The molecule has 1 aromatic rings. The van der Waals surface area contributed by atoms with Crippen molar-refractivity contribution in [3.8, 4) is 0 Å². The van der Waals surface area contributed by atoms with Crippen LogP contribution in [-0.2, 0) is 14.3 Å². The molecule has 4 aliphatic rings. The molecule has 4 aliphatic heterocycles. The molecule has 1 atom stereocenters. The monoisotopic (exact) mass is 490 g/mol. The standard InChI is InChI=1S/C23H35FN8O3/c24-15-9-28-20(29-10-15)18(19(25)26)21(33)30-16-11-27-5-1-17(16)31-6-2-14(3-7-31)22(34)32-12-23(13-32)4-8-35-23/h1,5,11,14-15,18-20,28-29H,2-4,6-10,12-13,25-26H2,(H,30,33). The molecule has 1 spiro atoms. The molecule has 7 N–H and O–H groups in total. The molecule has 192 valence electrons. The highest BCUT2D eigenvalue weighted by Gasteiger charge is 2.51. The van der Waals surface area contributed by atoms with Gasteiger partial charge in [0.05, 0.1) is 55.5 Å². The minimum atomic E-state index is -1.03. The fraction of sp³-hybridized carbons (Fsp3) is 0.696. The van der Waals surface area contributed by atoms with Gasteiger partial charge >= 0.3 is 0 Å². The Bertz CT molecular complexity index is 921. The van der Waals surface area contributed by atoms with E-state index in [0.717, 1.165) is 31.6 Å². The van der Waals surface area contributed by atoms with Gasteiger partial charge in [-0.15, -0.1) is 0 Å². The first-order valence-corrected chi connectivity index (χ1v) is 12.4. The van der Waals surface area contributed by atoms with Gasteiger partial charge in [0.2, 0.25) is 11.8 Å². The van der Waals surface area contributed by atoms with Crippen LogP contribution < -0.4 is 32.3 Å². The fourth-order valence-electron chi connectivity index (χ4n) is 5.50. The summed E-state index contributed by atoms with van der Waals surface area (Å²) >= 11 is 0. The lowest BCUT2D eigenvalue weighted by atomic mass is 9.84. The van der Waals surface area contributed by atoms with E-state index in [0.29, 0.717) is 31.9 Å². The lowest BCUT2D eigenvalue weighted by Gasteiger charge is -2.55. The molecule has 0 aliphatic carbocycles. The summed E-state index contributed by atoms with van der Waals surface area (Å²) in [5.41, 5.74) is 13.2. The second-order valence-corrected chi connectivity index (χ2v) is 10.1. The number of nitrogens with zero attached hydrogens (tertiary/aromatic N) is 3. The number of alkyl halides is 1.